The number of carbonyl (C=O) groups is 1. The molecule has 0 heterocycles. The third kappa shape index (κ3) is 3.15. The van der Waals surface area contributed by atoms with Crippen molar-refractivity contribution in [2.75, 3.05) is 12.8 Å². The van der Waals surface area contributed by atoms with Crippen molar-refractivity contribution in [2.24, 2.45) is 22.2 Å². The number of amides is 1. The molecule has 1 amide bonds. The summed E-state index contributed by atoms with van der Waals surface area (Å²) in [5.41, 5.74) is 5.00. The van der Waals surface area contributed by atoms with Crippen molar-refractivity contribution in [1.29, 1.82) is 0 Å². The van der Waals surface area contributed by atoms with Gasteiger partial charge in [-0.15, -0.1) is 0 Å². The highest BCUT2D eigenvalue weighted by Gasteiger charge is 2.52. The van der Waals surface area contributed by atoms with Gasteiger partial charge in [-0.1, -0.05) is 31.3 Å². The molecule has 2 fully saturated rings. The van der Waals surface area contributed by atoms with E-state index in [-0.39, 0.29) is 16.5 Å². The zero-order chi connectivity index (χ0) is 15.5. The van der Waals surface area contributed by atoms with Crippen LogP contribution in [0.3, 0.4) is 0 Å². The van der Waals surface area contributed by atoms with Crippen molar-refractivity contribution in [1.82, 2.24) is 5.32 Å². The molecule has 2 rings (SSSR count). The maximum absolute atomic E-state index is 12.6. The summed E-state index contributed by atoms with van der Waals surface area (Å²) in [6.45, 7) is 2.77. The van der Waals surface area contributed by atoms with Crippen molar-refractivity contribution >= 4 is 23.5 Å². The summed E-state index contributed by atoms with van der Waals surface area (Å²) in [7, 11) is 0. The highest BCUT2D eigenvalue weighted by Crippen LogP contribution is 2.46. The largest absolute Gasteiger partial charge is 0.409 e. The lowest BCUT2D eigenvalue weighted by Crippen LogP contribution is -2.58. The van der Waals surface area contributed by atoms with E-state index in [0.717, 1.165) is 12.8 Å². The second-order valence-corrected chi connectivity index (χ2v) is 7.99. The van der Waals surface area contributed by atoms with Crippen LogP contribution in [0.2, 0.25) is 0 Å². The van der Waals surface area contributed by atoms with Crippen molar-refractivity contribution in [3.63, 3.8) is 0 Å². The zero-order valence-electron chi connectivity index (χ0n) is 13.0. The highest BCUT2D eigenvalue weighted by molar-refractivity contribution is 8.00. The fraction of sp³-hybridized carbons (Fsp3) is 0.867. The topological polar surface area (TPSA) is 87.7 Å². The molecular weight excluding hydrogens is 286 g/mol. The van der Waals surface area contributed by atoms with Gasteiger partial charge in [0, 0.05) is 11.3 Å². The number of hydrogen-bond donors (Lipinski definition) is 3. The van der Waals surface area contributed by atoms with E-state index < -0.39 is 5.41 Å². The van der Waals surface area contributed by atoms with E-state index >= 15 is 0 Å². The van der Waals surface area contributed by atoms with Crippen LogP contribution in [0.4, 0.5) is 0 Å². The molecule has 0 bridgehead atoms. The summed E-state index contributed by atoms with van der Waals surface area (Å²) in [6, 6.07) is 0. The average Bonchev–Trinajstić information content (AvgIpc) is 2.49. The molecule has 6 heteroatoms. The predicted molar refractivity (Wildman–Crippen MR) is 86.6 cm³/mol. The fourth-order valence-corrected chi connectivity index (χ4v) is 4.71. The van der Waals surface area contributed by atoms with E-state index in [2.05, 4.69) is 23.7 Å². The number of amidine groups is 1. The van der Waals surface area contributed by atoms with Gasteiger partial charge in [0.15, 0.2) is 5.84 Å². The van der Waals surface area contributed by atoms with Crippen LogP contribution in [-0.4, -0.2) is 34.5 Å². The Hall–Kier alpha value is -0.910. The van der Waals surface area contributed by atoms with E-state index in [1.54, 1.807) is 0 Å². The molecule has 4 N–H and O–H groups in total. The van der Waals surface area contributed by atoms with Crippen molar-refractivity contribution < 1.29 is 10.0 Å². The van der Waals surface area contributed by atoms with Crippen LogP contribution < -0.4 is 11.1 Å². The minimum absolute atomic E-state index is 0.0555. The van der Waals surface area contributed by atoms with Crippen molar-refractivity contribution in [2.45, 2.75) is 56.6 Å². The Morgan fingerprint density at radius 2 is 2.00 bits per heavy atom. The molecule has 0 aliphatic heterocycles. The number of thioether (sulfide) groups is 1. The Morgan fingerprint density at radius 1 is 1.38 bits per heavy atom. The average molecular weight is 313 g/mol. The molecule has 0 saturated heterocycles. The number of nitrogens with one attached hydrogen (secondary N) is 1. The van der Waals surface area contributed by atoms with Gasteiger partial charge in [0.25, 0.3) is 0 Å². The lowest BCUT2D eigenvalue weighted by atomic mass is 9.61. The molecule has 2 saturated carbocycles. The van der Waals surface area contributed by atoms with Gasteiger partial charge in [-0.05, 0) is 37.9 Å². The molecule has 120 valence electrons. The van der Waals surface area contributed by atoms with Gasteiger partial charge in [-0.3, -0.25) is 4.79 Å². The van der Waals surface area contributed by atoms with Gasteiger partial charge >= 0.3 is 0 Å². The van der Waals surface area contributed by atoms with Crippen LogP contribution in [0.5, 0.6) is 0 Å². The summed E-state index contributed by atoms with van der Waals surface area (Å²) in [6.07, 6.45) is 9.53. The maximum atomic E-state index is 12.6. The first kappa shape index (κ1) is 16.5. The molecule has 0 spiro atoms. The maximum Gasteiger partial charge on any atom is 0.234 e. The van der Waals surface area contributed by atoms with E-state index in [1.807, 2.05) is 11.8 Å². The number of carbonyl (C=O) groups excluding carboxylic acids is 1. The molecule has 2 aliphatic rings. The fourth-order valence-electron chi connectivity index (χ4n) is 3.80. The molecule has 0 aromatic heterocycles. The zero-order valence-corrected chi connectivity index (χ0v) is 13.8. The Balaban J connectivity index is 2.00. The van der Waals surface area contributed by atoms with Gasteiger partial charge in [0.05, 0.1) is 0 Å². The van der Waals surface area contributed by atoms with Crippen molar-refractivity contribution in [3.05, 3.63) is 0 Å². The number of hydrogen-bond acceptors (Lipinski definition) is 4. The molecule has 21 heavy (non-hydrogen) atoms. The van der Waals surface area contributed by atoms with Crippen LogP contribution >= 0.6 is 11.8 Å². The Bertz CT molecular complexity index is 413. The van der Waals surface area contributed by atoms with Gasteiger partial charge in [-0.2, -0.15) is 11.8 Å². The van der Waals surface area contributed by atoms with Crippen LogP contribution in [0.25, 0.3) is 0 Å². The predicted octanol–water partition coefficient (Wildman–Crippen LogP) is 2.33. The van der Waals surface area contributed by atoms with E-state index in [1.165, 1.54) is 19.3 Å². The molecule has 5 nitrogen and oxygen atoms in total. The molecule has 0 unspecified atom stereocenters. The molecule has 0 aromatic carbocycles. The number of oxime groups is 1. The standard InChI is InChI=1S/C15H27N3O2S/c1-11-8-15(9-11,12(16)18-20)13(19)17-10-14(21-2)6-4-3-5-7-14/h11,20H,3-10H2,1-2H3,(H2,16,18)(H,17,19). The van der Waals surface area contributed by atoms with Gasteiger partial charge in [0.1, 0.15) is 5.41 Å². The van der Waals surface area contributed by atoms with Crippen molar-refractivity contribution in [3.8, 4) is 0 Å². The molecule has 0 atom stereocenters. The van der Waals surface area contributed by atoms with Crippen LogP contribution in [-0.2, 0) is 4.79 Å². The van der Waals surface area contributed by atoms with Gasteiger partial charge in [-0.25, -0.2) is 0 Å². The van der Waals surface area contributed by atoms with Gasteiger partial charge in [0.2, 0.25) is 5.91 Å². The summed E-state index contributed by atoms with van der Waals surface area (Å²) >= 11 is 1.86. The molecular formula is C15H27N3O2S. The number of nitrogens with two attached hydrogens (primary N) is 1. The Kier molecular flexibility index (Phi) is 5.07. The second-order valence-electron chi connectivity index (χ2n) is 6.71. The van der Waals surface area contributed by atoms with E-state index in [0.29, 0.717) is 25.3 Å². The lowest BCUT2D eigenvalue weighted by Gasteiger charge is -2.44. The molecule has 0 aromatic rings. The second kappa shape index (κ2) is 6.46. The highest BCUT2D eigenvalue weighted by atomic mass is 32.2. The first-order valence-corrected chi connectivity index (χ1v) is 9.02. The first-order chi connectivity index (χ1) is 9.98. The Labute approximate surface area is 131 Å². The minimum Gasteiger partial charge on any atom is -0.409 e. The van der Waals surface area contributed by atoms with E-state index in [9.17, 15) is 4.79 Å². The van der Waals surface area contributed by atoms with E-state index in [4.69, 9.17) is 10.9 Å². The number of rotatable bonds is 5. The molecule has 2 aliphatic carbocycles. The summed E-state index contributed by atoms with van der Waals surface area (Å²) in [5, 5.41) is 15.2. The van der Waals surface area contributed by atoms with Crippen LogP contribution in [0.1, 0.15) is 51.9 Å². The molecule has 0 radical (unpaired) electrons. The summed E-state index contributed by atoms with van der Waals surface area (Å²) in [4.78, 5) is 12.6. The summed E-state index contributed by atoms with van der Waals surface area (Å²) in [5.74, 6) is 0.426. The third-order valence-corrected chi connectivity index (χ3v) is 6.61. The monoisotopic (exact) mass is 313 g/mol. The first-order valence-electron chi connectivity index (χ1n) is 7.79. The normalized spacial score (nSPS) is 32.3. The number of nitrogens with zero attached hydrogens (tertiary/aromatic N) is 1. The van der Waals surface area contributed by atoms with Gasteiger partial charge < -0.3 is 16.3 Å². The quantitative estimate of drug-likeness (QED) is 0.315. The third-order valence-electron chi connectivity index (χ3n) is 5.20. The summed E-state index contributed by atoms with van der Waals surface area (Å²) < 4.78 is 0.162. The Morgan fingerprint density at radius 3 is 2.48 bits per heavy atom. The SMILES string of the molecule is CSC1(CNC(=O)C2(C(N)=NO)CC(C)C2)CCCCC1. The lowest BCUT2D eigenvalue weighted by molar-refractivity contribution is -0.133. The van der Waals surface area contributed by atoms with Crippen LogP contribution in [0, 0.1) is 11.3 Å². The van der Waals surface area contributed by atoms with Crippen LogP contribution in [0.15, 0.2) is 5.16 Å². The smallest absolute Gasteiger partial charge is 0.234 e. The minimum atomic E-state index is -0.789.